The summed E-state index contributed by atoms with van der Waals surface area (Å²) in [6.45, 7) is 4.71. The molecule has 1 saturated heterocycles. The quantitative estimate of drug-likeness (QED) is 0.894. The van der Waals surface area contributed by atoms with Gasteiger partial charge in [0.15, 0.2) is 0 Å². The van der Waals surface area contributed by atoms with Crippen LogP contribution < -0.4 is 5.32 Å². The van der Waals surface area contributed by atoms with Crippen molar-refractivity contribution in [3.05, 3.63) is 35.8 Å². The molecular weight excluding hydrogens is 273 g/mol. The van der Waals surface area contributed by atoms with Crippen LogP contribution in [0.3, 0.4) is 0 Å². The molecule has 0 unspecified atom stereocenters. The lowest BCUT2D eigenvalue weighted by Crippen LogP contribution is -2.41. The highest BCUT2D eigenvalue weighted by Gasteiger charge is 2.12. The second kappa shape index (κ2) is 6.24. The number of H-pyrrole nitrogens is 1. The number of fused-ring (bicyclic) bond motifs is 1. The van der Waals surface area contributed by atoms with Gasteiger partial charge in [-0.3, -0.25) is 9.69 Å². The fraction of sp³-hybridized carbons (Fsp3) is 0.400. The number of halogens is 1. The molecule has 0 spiro atoms. The first-order valence-electron chi connectivity index (χ1n) is 7.09. The molecule has 1 aliphatic heterocycles. The molecule has 0 saturated carbocycles. The molecule has 0 atom stereocenters. The highest BCUT2D eigenvalue weighted by Crippen LogP contribution is 2.16. The first kappa shape index (κ1) is 14.0. The van der Waals surface area contributed by atoms with Crippen molar-refractivity contribution < 1.29 is 13.9 Å². The summed E-state index contributed by atoms with van der Waals surface area (Å²) in [5.74, 6) is -0.472. The van der Waals surface area contributed by atoms with Crippen LogP contribution in [0.1, 0.15) is 10.5 Å². The van der Waals surface area contributed by atoms with Gasteiger partial charge in [0.05, 0.1) is 13.2 Å². The molecular formula is C15H18FN3O2. The Balaban J connectivity index is 1.56. The molecule has 1 aliphatic rings. The largest absolute Gasteiger partial charge is 0.379 e. The minimum Gasteiger partial charge on any atom is -0.379 e. The predicted octanol–water partition coefficient (Wildman–Crippen LogP) is 1.37. The van der Waals surface area contributed by atoms with Gasteiger partial charge in [-0.15, -0.1) is 0 Å². The van der Waals surface area contributed by atoms with Crippen LogP contribution in [0.25, 0.3) is 10.9 Å². The van der Waals surface area contributed by atoms with E-state index in [1.54, 1.807) is 12.1 Å². The van der Waals surface area contributed by atoms with Gasteiger partial charge < -0.3 is 15.0 Å². The summed E-state index contributed by atoms with van der Waals surface area (Å²) in [7, 11) is 0. The maximum absolute atomic E-state index is 13.1. The smallest absolute Gasteiger partial charge is 0.267 e. The zero-order chi connectivity index (χ0) is 14.7. The minimum atomic E-state index is -0.305. The van der Waals surface area contributed by atoms with Gasteiger partial charge in [0.2, 0.25) is 0 Å². The molecule has 6 heteroatoms. The van der Waals surface area contributed by atoms with Crippen molar-refractivity contribution in [2.75, 3.05) is 39.4 Å². The third-order valence-electron chi connectivity index (χ3n) is 3.64. The number of ether oxygens (including phenoxy) is 1. The number of rotatable bonds is 4. The Morgan fingerprint density at radius 1 is 1.33 bits per heavy atom. The third-order valence-corrected chi connectivity index (χ3v) is 3.64. The van der Waals surface area contributed by atoms with Crippen molar-refractivity contribution in [1.29, 1.82) is 0 Å². The van der Waals surface area contributed by atoms with E-state index in [9.17, 15) is 9.18 Å². The van der Waals surface area contributed by atoms with Crippen molar-refractivity contribution in [3.8, 4) is 0 Å². The summed E-state index contributed by atoms with van der Waals surface area (Å²) in [5.41, 5.74) is 1.22. The normalized spacial score (nSPS) is 16.2. The molecule has 2 N–H and O–H groups in total. The minimum absolute atomic E-state index is 0.167. The Labute approximate surface area is 122 Å². The summed E-state index contributed by atoms with van der Waals surface area (Å²) in [4.78, 5) is 17.3. The number of carbonyl (C=O) groups excluding carboxylic acids is 1. The lowest BCUT2D eigenvalue weighted by atomic mass is 10.2. The number of carbonyl (C=O) groups is 1. The highest BCUT2D eigenvalue weighted by atomic mass is 19.1. The Morgan fingerprint density at radius 3 is 2.95 bits per heavy atom. The maximum Gasteiger partial charge on any atom is 0.267 e. The molecule has 1 aromatic carbocycles. The molecule has 21 heavy (non-hydrogen) atoms. The number of amides is 1. The van der Waals surface area contributed by atoms with Gasteiger partial charge in [-0.1, -0.05) is 0 Å². The van der Waals surface area contributed by atoms with Crippen LogP contribution in [0.15, 0.2) is 24.3 Å². The van der Waals surface area contributed by atoms with E-state index in [0.29, 0.717) is 17.6 Å². The van der Waals surface area contributed by atoms with Gasteiger partial charge in [-0.25, -0.2) is 4.39 Å². The van der Waals surface area contributed by atoms with Gasteiger partial charge in [0, 0.05) is 37.1 Å². The molecule has 0 aliphatic carbocycles. The number of aromatic amines is 1. The van der Waals surface area contributed by atoms with E-state index in [2.05, 4.69) is 15.2 Å². The second-order valence-corrected chi connectivity index (χ2v) is 5.12. The molecule has 0 bridgehead atoms. The van der Waals surface area contributed by atoms with Crippen LogP contribution in [0.4, 0.5) is 4.39 Å². The highest BCUT2D eigenvalue weighted by molar-refractivity contribution is 5.97. The van der Waals surface area contributed by atoms with Crippen molar-refractivity contribution in [2.24, 2.45) is 0 Å². The standard InChI is InChI=1S/C15H18FN3O2/c16-12-1-2-13-11(9-12)10-14(18-13)15(20)17-3-4-19-5-7-21-8-6-19/h1-2,9-10,18H,3-8H2,(H,17,20). The number of nitrogens with zero attached hydrogens (tertiary/aromatic N) is 1. The van der Waals surface area contributed by atoms with Crippen molar-refractivity contribution in [1.82, 2.24) is 15.2 Å². The van der Waals surface area contributed by atoms with E-state index in [1.807, 2.05) is 0 Å². The van der Waals surface area contributed by atoms with Gasteiger partial charge in [-0.05, 0) is 24.3 Å². The molecule has 1 aromatic heterocycles. The molecule has 2 heterocycles. The Bertz CT molecular complexity index is 635. The number of benzene rings is 1. The number of hydrogen-bond acceptors (Lipinski definition) is 3. The molecule has 112 valence electrons. The van der Waals surface area contributed by atoms with E-state index in [0.717, 1.165) is 38.4 Å². The Hall–Kier alpha value is -1.92. The summed E-state index contributed by atoms with van der Waals surface area (Å²) >= 11 is 0. The van der Waals surface area contributed by atoms with Crippen LogP contribution in [0.5, 0.6) is 0 Å². The molecule has 3 rings (SSSR count). The fourth-order valence-electron chi connectivity index (χ4n) is 2.47. The van der Waals surface area contributed by atoms with Crippen LogP contribution in [0, 0.1) is 5.82 Å². The van der Waals surface area contributed by atoms with Crippen molar-refractivity contribution in [2.45, 2.75) is 0 Å². The summed E-state index contributed by atoms with van der Waals surface area (Å²) < 4.78 is 18.4. The SMILES string of the molecule is O=C(NCCN1CCOCC1)c1cc2cc(F)ccc2[nH]1. The lowest BCUT2D eigenvalue weighted by Gasteiger charge is -2.26. The van der Waals surface area contributed by atoms with Crippen LogP contribution in [-0.4, -0.2) is 55.2 Å². The van der Waals surface area contributed by atoms with Crippen molar-refractivity contribution in [3.63, 3.8) is 0 Å². The number of nitrogens with one attached hydrogen (secondary N) is 2. The van der Waals surface area contributed by atoms with Crippen molar-refractivity contribution >= 4 is 16.8 Å². The summed E-state index contributed by atoms with van der Waals surface area (Å²) in [6, 6.07) is 6.09. The van der Waals surface area contributed by atoms with Crippen LogP contribution in [-0.2, 0) is 4.74 Å². The van der Waals surface area contributed by atoms with Crippen LogP contribution in [0.2, 0.25) is 0 Å². The van der Waals surface area contributed by atoms with Gasteiger partial charge in [0.1, 0.15) is 11.5 Å². The average molecular weight is 291 g/mol. The first-order valence-corrected chi connectivity index (χ1v) is 7.09. The van der Waals surface area contributed by atoms with E-state index in [1.165, 1.54) is 12.1 Å². The summed E-state index contributed by atoms with van der Waals surface area (Å²) in [6.07, 6.45) is 0. The lowest BCUT2D eigenvalue weighted by molar-refractivity contribution is 0.0383. The number of morpholine rings is 1. The molecule has 0 radical (unpaired) electrons. The summed E-state index contributed by atoms with van der Waals surface area (Å²) in [5, 5.41) is 3.58. The van der Waals surface area contributed by atoms with Gasteiger partial charge in [-0.2, -0.15) is 0 Å². The molecule has 2 aromatic rings. The van der Waals surface area contributed by atoms with E-state index >= 15 is 0 Å². The average Bonchev–Trinajstić information content (AvgIpc) is 2.91. The monoisotopic (exact) mass is 291 g/mol. The zero-order valence-electron chi connectivity index (χ0n) is 11.7. The van der Waals surface area contributed by atoms with Gasteiger partial charge in [0.25, 0.3) is 5.91 Å². The van der Waals surface area contributed by atoms with E-state index in [4.69, 9.17) is 4.74 Å². The van der Waals surface area contributed by atoms with Gasteiger partial charge >= 0.3 is 0 Å². The maximum atomic E-state index is 13.1. The number of hydrogen-bond donors (Lipinski definition) is 2. The molecule has 5 nitrogen and oxygen atoms in total. The van der Waals surface area contributed by atoms with Crippen LogP contribution >= 0.6 is 0 Å². The Kier molecular flexibility index (Phi) is 4.17. The Morgan fingerprint density at radius 2 is 2.14 bits per heavy atom. The second-order valence-electron chi connectivity index (χ2n) is 5.12. The number of aromatic nitrogens is 1. The van der Waals surface area contributed by atoms with E-state index < -0.39 is 0 Å². The molecule has 1 fully saturated rings. The topological polar surface area (TPSA) is 57.4 Å². The zero-order valence-corrected chi connectivity index (χ0v) is 11.7. The predicted molar refractivity (Wildman–Crippen MR) is 77.8 cm³/mol. The third kappa shape index (κ3) is 3.40. The molecule has 1 amide bonds. The first-order chi connectivity index (χ1) is 10.2. The van der Waals surface area contributed by atoms with E-state index in [-0.39, 0.29) is 11.7 Å². The fourth-order valence-corrected chi connectivity index (χ4v) is 2.47.